The normalized spacial score (nSPS) is 10.1. The number of benzene rings is 1. The SMILES string of the molecule is CNc1nc(NCCO)nc(NCc2ccccc2)c1NS. The van der Waals surface area contributed by atoms with Crippen LogP contribution in [0, 0.1) is 0 Å². The van der Waals surface area contributed by atoms with Crippen LogP contribution in [0.3, 0.4) is 0 Å². The molecule has 0 unspecified atom stereocenters. The fourth-order valence-corrected chi connectivity index (χ4v) is 2.12. The Hall–Kier alpha value is -2.19. The molecule has 0 fully saturated rings. The molecule has 0 radical (unpaired) electrons. The number of aliphatic hydroxyl groups excluding tert-OH is 1. The van der Waals surface area contributed by atoms with Gasteiger partial charge in [0.25, 0.3) is 0 Å². The van der Waals surface area contributed by atoms with Crippen LogP contribution in [0.4, 0.5) is 23.3 Å². The van der Waals surface area contributed by atoms with Gasteiger partial charge in [0.1, 0.15) is 5.69 Å². The largest absolute Gasteiger partial charge is 0.395 e. The standard InChI is InChI=1S/C14H20N6OS/c1-15-12-11(20-22)13(19-14(18-12)16-7-8-21)17-9-10-5-3-2-4-6-10/h2-6,20-22H,7-9H2,1H3,(H3,15,16,17,18,19). The molecule has 1 heterocycles. The Labute approximate surface area is 135 Å². The van der Waals surface area contributed by atoms with Gasteiger partial charge in [-0.1, -0.05) is 43.1 Å². The lowest BCUT2D eigenvalue weighted by Crippen LogP contribution is -2.13. The topological polar surface area (TPSA) is 94.1 Å². The second-order valence-corrected chi connectivity index (χ2v) is 4.69. The van der Waals surface area contributed by atoms with Crippen molar-refractivity contribution < 1.29 is 5.11 Å². The number of aromatic nitrogens is 2. The molecular weight excluding hydrogens is 300 g/mol. The smallest absolute Gasteiger partial charge is 0.226 e. The molecule has 1 aromatic carbocycles. The molecule has 22 heavy (non-hydrogen) atoms. The number of nitrogens with one attached hydrogen (secondary N) is 4. The molecule has 0 aliphatic carbocycles. The van der Waals surface area contributed by atoms with Crippen molar-refractivity contribution in [3.63, 3.8) is 0 Å². The van der Waals surface area contributed by atoms with Gasteiger partial charge in [0.15, 0.2) is 11.6 Å². The zero-order valence-corrected chi connectivity index (χ0v) is 13.2. The van der Waals surface area contributed by atoms with Gasteiger partial charge in [0, 0.05) is 20.1 Å². The van der Waals surface area contributed by atoms with Crippen LogP contribution in [-0.4, -0.2) is 35.3 Å². The molecule has 0 aliphatic rings. The van der Waals surface area contributed by atoms with Crippen molar-refractivity contribution in [3.05, 3.63) is 35.9 Å². The van der Waals surface area contributed by atoms with Crippen molar-refractivity contribution in [2.45, 2.75) is 6.54 Å². The van der Waals surface area contributed by atoms with Crippen LogP contribution >= 0.6 is 12.8 Å². The van der Waals surface area contributed by atoms with E-state index < -0.39 is 0 Å². The van der Waals surface area contributed by atoms with E-state index >= 15 is 0 Å². The molecule has 0 amide bonds. The van der Waals surface area contributed by atoms with E-state index in [9.17, 15) is 0 Å². The van der Waals surface area contributed by atoms with Gasteiger partial charge >= 0.3 is 0 Å². The molecule has 0 saturated carbocycles. The Kier molecular flexibility index (Phi) is 6.11. The summed E-state index contributed by atoms with van der Waals surface area (Å²) in [4.78, 5) is 8.73. The zero-order valence-electron chi connectivity index (χ0n) is 12.3. The molecule has 0 saturated heterocycles. The van der Waals surface area contributed by atoms with Gasteiger partial charge in [-0.15, -0.1) is 0 Å². The second kappa shape index (κ2) is 8.30. The Morgan fingerprint density at radius 1 is 1.09 bits per heavy atom. The lowest BCUT2D eigenvalue weighted by atomic mass is 10.2. The van der Waals surface area contributed by atoms with Gasteiger partial charge in [0.2, 0.25) is 5.95 Å². The van der Waals surface area contributed by atoms with Crippen LogP contribution < -0.4 is 20.7 Å². The maximum atomic E-state index is 8.90. The maximum absolute atomic E-state index is 8.90. The first kappa shape index (κ1) is 16.2. The van der Waals surface area contributed by atoms with Crippen molar-refractivity contribution in [1.82, 2.24) is 9.97 Å². The molecular formula is C14H20N6OS. The summed E-state index contributed by atoms with van der Waals surface area (Å²) < 4.78 is 2.80. The number of hydrogen-bond donors (Lipinski definition) is 6. The quantitative estimate of drug-likeness (QED) is 0.413. The minimum atomic E-state index is 0.0115. The summed E-state index contributed by atoms with van der Waals surface area (Å²) in [6.07, 6.45) is 0. The molecule has 0 spiro atoms. The van der Waals surface area contributed by atoms with Gasteiger partial charge in [-0.3, -0.25) is 0 Å². The maximum Gasteiger partial charge on any atom is 0.226 e. The molecule has 7 nitrogen and oxygen atoms in total. The summed E-state index contributed by atoms with van der Waals surface area (Å²) in [5, 5.41) is 18.1. The molecule has 0 bridgehead atoms. The average Bonchev–Trinajstić information content (AvgIpc) is 2.58. The van der Waals surface area contributed by atoms with E-state index in [0.29, 0.717) is 36.4 Å². The van der Waals surface area contributed by atoms with E-state index in [1.54, 1.807) is 7.05 Å². The monoisotopic (exact) mass is 320 g/mol. The molecule has 5 N–H and O–H groups in total. The van der Waals surface area contributed by atoms with E-state index in [2.05, 4.69) is 43.5 Å². The van der Waals surface area contributed by atoms with E-state index in [-0.39, 0.29) is 6.61 Å². The highest BCUT2D eigenvalue weighted by molar-refractivity contribution is 7.81. The highest BCUT2D eigenvalue weighted by atomic mass is 32.1. The molecule has 8 heteroatoms. The van der Waals surface area contributed by atoms with Crippen LogP contribution in [0.5, 0.6) is 0 Å². The summed E-state index contributed by atoms with van der Waals surface area (Å²) >= 11 is 4.12. The van der Waals surface area contributed by atoms with Crippen LogP contribution in [0.15, 0.2) is 30.3 Å². The van der Waals surface area contributed by atoms with Gasteiger partial charge in [-0.05, 0) is 5.56 Å². The van der Waals surface area contributed by atoms with Crippen LogP contribution in [0.2, 0.25) is 0 Å². The lowest BCUT2D eigenvalue weighted by molar-refractivity contribution is 0.311. The second-order valence-electron chi connectivity index (χ2n) is 4.47. The third kappa shape index (κ3) is 4.15. The first-order chi connectivity index (χ1) is 10.8. The zero-order chi connectivity index (χ0) is 15.8. The molecule has 2 aromatic rings. The van der Waals surface area contributed by atoms with Crippen LogP contribution in [0.1, 0.15) is 5.56 Å². The Morgan fingerprint density at radius 3 is 2.45 bits per heavy atom. The van der Waals surface area contributed by atoms with Crippen molar-refractivity contribution in [2.24, 2.45) is 0 Å². The lowest BCUT2D eigenvalue weighted by Gasteiger charge is -2.15. The van der Waals surface area contributed by atoms with Crippen molar-refractivity contribution in [3.8, 4) is 0 Å². The van der Waals surface area contributed by atoms with Crippen LogP contribution in [-0.2, 0) is 6.54 Å². The fraction of sp³-hybridized carbons (Fsp3) is 0.286. The average molecular weight is 320 g/mol. The van der Waals surface area contributed by atoms with E-state index in [4.69, 9.17) is 5.11 Å². The highest BCUT2D eigenvalue weighted by Gasteiger charge is 2.12. The molecule has 0 aliphatic heterocycles. The number of hydrogen-bond acceptors (Lipinski definition) is 8. The predicted octanol–water partition coefficient (Wildman–Crippen LogP) is 1.79. The van der Waals surface area contributed by atoms with Crippen molar-refractivity contribution in [1.29, 1.82) is 0 Å². The fourth-order valence-electron chi connectivity index (χ4n) is 1.90. The summed E-state index contributed by atoms with van der Waals surface area (Å²) in [5.41, 5.74) is 1.80. The van der Waals surface area contributed by atoms with E-state index in [1.807, 2.05) is 30.3 Å². The molecule has 2 rings (SSSR count). The molecule has 0 atom stereocenters. The molecule has 1 aromatic heterocycles. The summed E-state index contributed by atoms with van der Waals surface area (Å²) in [5.74, 6) is 1.67. The van der Waals surface area contributed by atoms with Gasteiger partial charge in [-0.25, -0.2) is 0 Å². The molecule has 118 valence electrons. The Morgan fingerprint density at radius 2 is 1.82 bits per heavy atom. The van der Waals surface area contributed by atoms with Crippen molar-refractivity contribution >= 4 is 36.1 Å². The predicted molar refractivity (Wildman–Crippen MR) is 93.5 cm³/mol. The van der Waals surface area contributed by atoms with Gasteiger partial charge in [-0.2, -0.15) is 9.97 Å². The van der Waals surface area contributed by atoms with Crippen molar-refractivity contribution in [2.75, 3.05) is 40.9 Å². The first-order valence-corrected chi connectivity index (χ1v) is 7.35. The van der Waals surface area contributed by atoms with Gasteiger partial charge < -0.3 is 25.8 Å². The van der Waals surface area contributed by atoms with Gasteiger partial charge in [0.05, 0.1) is 6.61 Å². The number of thiol groups is 1. The third-order valence-corrected chi connectivity index (χ3v) is 3.18. The summed E-state index contributed by atoms with van der Waals surface area (Å²) in [7, 11) is 1.77. The number of aliphatic hydroxyl groups is 1. The van der Waals surface area contributed by atoms with E-state index in [0.717, 1.165) is 5.56 Å². The van der Waals surface area contributed by atoms with Crippen LogP contribution in [0.25, 0.3) is 0 Å². The minimum absolute atomic E-state index is 0.0115. The van der Waals surface area contributed by atoms with E-state index in [1.165, 1.54) is 0 Å². The number of anilines is 4. The Balaban J connectivity index is 2.22. The Bertz CT molecular complexity index is 595. The third-order valence-electron chi connectivity index (χ3n) is 2.96. The number of nitrogens with zero attached hydrogens (tertiary/aromatic N) is 2. The first-order valence-electron chi connectivity index (χ1n) is 6.91. The summed E-state index contributed by atoms with van der Waals surface area (Å²) in [6.45, 7) is 1.02. The summed E-state index contributed by atoms with van der Waals surface area (Å²) in [6, 6.07) is 10.0. The highest BCUT2D eigenvalue weighted by Crippen LogP contribution is 2.29. The minimum Gasteiger partial charge on any atom is -0.395 e. The number of rotatable bonds is 8.